The first-order valence-corrected chi connectivity index (χ1v) is 8.99. The van der Waals surface area contributed by atoms with E-state index >= 15 is 0 Å². The Labute approximate surface area is 150 Å². The first kappa shape index (κ1) is 17.3. The van der Waals surface area contributed by atoms with E-state index in [1.54, 1.807) is 0 Å². The van der Waals surface area contributed by atoms with Gasteiger partial charge in [-0.2, -0.15) is 0 Å². The molecule has 0 spiro atoms. The van der Waals surface area contributed by atoms with Crippen molar-refractivity contribution in [2.45, 2.75) is 18.8 Å². The van der Waals surface area contributed by atoms with E-state index < -0.39 is 5.79 Å². The van der Waals surface area contributed by atoms with Gasteiger partial charge in [0.05, 0.1) is 12.7 Å². The molecule has 6 heteroatoms. The number of halogens is 1. The summed E-state index contributed by atoms with van der Waals surface area (Å²) in [5.41, 5.74) is 1.58. The first-order valence-electron chi connectivity index (χ1n) is 7.62. The zero-order chi connectivity index (χ0) is 17.0. The highest BCUT2D eigenvalue weighted by Crippen LogP contribution is 2.38. The predicted molar refractivity (Wildman–Crippen MR) is 97.5 cm³/mol. The number of hydrogen-bond acceptors (Lipinski definition) is 4. The number of thioether (sulfide) groups is 1. The van der Waals surface area contributed by atoms with Gasteiger partial charge < -0.3 is 14.8 Å². The minimum atomic E-state index is -0.876. The molecule has 0 aliphatic carbocycles. The zero-order valence-electron chi connectivity index (χ0n) is 13.2. The molecule has 1 fully saturated rings. The molecule has 1 aliphatic heterocycles. The van der Waals surface area contributed by atoms with Crippen LogP contribution in [0.2, 0.25) is 5.02 Å². The van der Waals surface area contributed by atoms with E-state index in [2.05, 4.69) is 5.32 Å². The monoisotopic (exact) mass is 363 g/mol. The van der Waals surface area contributed by atoms with Crippen molar-refractivity contribution in [1.29, 1.82) is 0 Å². The normalized spacial score (nSPS) is 23.2. The molecule has 0 aromatic heterocycles. The Bertz CT molecular complexity index is 712. The van der Waals surface area contributed by atoms with Gasteiger partial charge in [-0.25, -0.2) is 0 Å². The number of nitrogens with one attached hydrogen (secondary N) is 1. The van der Waals surface area contributed by atoms with Crippen molar-refractivity contribution in [2.24, 2.45) is 0 Å². The van der Waals surface area contributed by atoms with Crippen molar-refractivity contribution in [1.82, 2.24) is 0 Å². The van der Waals surface area contributed by atoms with Crippen molar-refractivity contribution < 1.29 is 14.3 Å². The summed E-state index contributed by atoms with van der Waals surface area (Å²) in [6, 6.07) is 16.8. The third kappa shape index (κ3) is 4.11. The molecule has 2 aromatic carbocycles. The summed E-state index contributed by atoms with van der Waals surface area (Å²) in [6.07, 6.45) is -0.169. The molecule has 1 saturated heterocycles. The second-order valence-electron chi connectivity index (χ2n) is 5.57. The maximum Gasteiger partial charge on any atom is 0.283 e. The molecule has 1 N–H and O–H groups in total. The van der Waals surface area contributed by atoms with Crippen molar-refractivity contribution in [3.05, 3.63) is 65.2 Å². The van der Waals surface area contributed by atoms with Crippen LogP contribution >= 0.6 is 23.4 Å². The Morgan fingerprint density at radius 1 is 1.25 bits per heavy atom. The number of hydrogen-bond donors (Lipinski definition) is 1. The molecule has 0 unspecified atom stereocenters. The number of benzene rings is 2. The Kier molecular flexibility index (Phi) is 5.46. The number of carbonyl (C=O) groups is 1. The van der Waals surface area contributed by atoms with Crippen LogP contribution in [0.4, 0.5) is 10.5 Å². The number of anilines is 1. The van der Waals surface area contributed by atoms with Crippen LogP contribution in [0.3, 0.4) is 0 Å². The standard InChI is InChI=1S/C18H18ClNO3S/c1-18(15-9-5-6-10-16(15)19)22-11-14(23-18)12-24-17(21)20-13-7-3-2-4-8-13/h2-10,14H,11-12H2,1H3,(H,20,21)/t14-,18+/m0/s1. The molecule has 0 saturated carbocycles. The lowest BCUT2D eigenvalue weighted by Gasteiger charge is -2.24. The molecule has 24 heavy (non-hydrogen) atoms. The van der Waals surface area contributed by atoms with Gasteiger partial charge in [-0.1, -0.05) is 59.8 Å². The smallest absolute Gasteiger partial charge is 0.283 e. The summed E-state index contributed by atoms with van der Waals surface area (Å²) in [5, 5.41) is 3.33. The average molecular weight is 364 g/mol. The fourth-order valence-electron chi connectivity index (χ4n) is 2.53. The van der Waals surface area contributed by atoms with Gasteiger partial charge in [0.25, 0.3) is 5.24 Å². The molecule has 0 bridgehead atoms. The molecule has 0 radical (unpaired) electrons. The Balaban J connectivity index is 1.53. The van der Waals surface area contributed by atoms with E-state index in [1.807, 2.05) is 61.5 Å². The van der Waals surface area contributed by atoms with Crippen LogP contribution in [-0.4, -0.2) is 23.7 Å². The Hall–Kier alpha value is -1.53. The van der Waals surface area contributed by atoms with E-state index in [4.69, 9.17) is 21.1 Å². The lowest BCUT2D eigenvalue weighted by molar-refractivity contribution is -0.159. The Morgan fingerprint density at radius 3 is 2.71 bits per heavy atom. The van der Waals surface area contributed by atoms with Crippen LogP contribution in [0.1, 0.15) is 12.5 Å². The summed E-state index contributed by atoms with van der Waals surface area (Å²) in [7, 11) is 0. The van der Waals surface area contributed by atoms with Gasteiger partial charge in [0.1, 0.15) is 0 Å². The quantitative estimate of drug-likeness (QED) is 0.839. The van der Waals surface area contributed by atoms with Gasteiger partial charge in [-0.05, 0) is 25.1 Å². The minimum absolute atomic E-state index is 0.115. The molecule has 3 rings (SSSR count). The van der Waals surface area contributed by atoms with E-state index in [-0.39, 0.29) is 11.3 Å². The highest BCUT2D eigenvalue weighted by atomic mass is 35.5. The lowest BCUT2D eigenvalue weighted by atomic mass is 10.1. The molecule has 1 aliphatic rings. The second-order valence-corrected chi connectivity index (χ2v) is 6.97. The summed E-state index contributed by atoms with van der Waals surface area (Å²) < 4.78 is 11.8. The van der Waals surface area contributed by atoms with Crippen LogP contribution in [0.5, 0.6) is 0 Å². The van der Waals surface area contributed by atoms with Gasteiger partial charge >= 0.3 is 0 Å². The second kappa shape index (κ2) is 7.57. The number of amides is 1. The maximum absolute atomic E-state index is 12.0. The molecule has 1 amide bonds. The first-order chi connectivity index (χ1) is 11.6. The molecule has 1 heterocycles. The van der Waals surface area contributed by atoms with Crippen LogP contribution in [-0.2, 0) is 15.3 Å². The number of rotatable bonds is 4. The maximum atomic E-state index is 12.0. The van der Waals surface area contributed by atoms with E-state index in [9.17, 15) is 4.79 Å². The van der Waals surface area contributed by atoms with Crippen molar-refractivity contribution in [2.75, 3.05) is 17.7 Å². The third-order valence-corrected chi connectivity index (χ3v) is 4.95. The van der Waals surface area contributed by atoms with Crippen molar-refractivity contribution in [3.63, 3.8) is 0 Å². The Morgan fingerprint density at radius 2 is 1.96 bits per heavy atom. The lowest BCUT2D eigenvalue weighted by Crippen LogP contribution is -2.25. The van der Waals surface area contributed by atoms with Gasteiger partial charge in [0, 0.05) is 22.0 Å². The molecule has 2 atom stereocenters. The number of ether oxygens (including phenoxy) is 2. The highest BCUT2D eigenvalue weighted by Gasteiger charge is 2.40. The fraction of sp³-hybridized carbons (Fsp3) is 0.278. The van der Waals surface area contributed by atoms with Crippen LogP contribution in [0, 0.1) is 0 Å². The third-order valence-electron chi connectivity index (χ3n) is 3.72. The average Bonchev–Trinajstić information content (AvgIpc) is 2.97. The van der Waals surface area contributed by atoms with E-state index in [1.165, 1.54) is 11.8 Å². The van der Waals surface area contributed by atoms with Crippen LogP contribution in [0.25, 0.3) is 0 Å². The largest absolute Gasteiger partial charge is 0.343 e. The molecular formula is C18H18ClNO3S. The zero-order valence-corrected chi connectivity index (χ0v) is 14.8. The molecular weight excluding hydrogens is 346 g/mol. The summed E-state index contributed by atoms with van der Waals surface area (Å²) >= 11 is 7.41. The van der Waals surface area contributed by atoms with Gasteiger partial charge in [0.2, 0.25) is 0 Å². The number of carbonyl (C=O) groups excluding carboxylic acids is 1. The summed E-state index contributed by atoms with van der Waals surface area (Å²) in [6.45, 7) is 2.27. The van der Waals surface area contributed by atoms with Crippen molar-refractivity contribution >= 4 is 34.3 Å². The molecule has 126 valence electrons. The van der Waals surface area contributed by atoms with Gasteiger partial charge in [-0.3, -0.25) is 4.79 Å². The number of para-hydroxylation sites is 1. The van der Waals surface area contributed by atoms with E-state index in [0.717, 1.165) is 11.3 Å². The van der Waals surface area contributed by atoms with Crippen LogP contribution < -0.4 is 5.32 Å². The molecule has 2 aromatic rings. The predicted octanol–water partition coefficient (Wildman–Crippen LogP) is 4.89. The topological polar surface area (TPSA) is 47.6 Å². The van der Waals surface area contributed by atoms with Gasteiger partial charge in [0.15, 0.2) is 5.79 Å². The van der Waals surface area contributed by atoms with E-state index in [0.29, 0.717) is 17.4 Å². The summed E-state index contributed by atoms with van der Waals surface area (Å²) in [5.74, 6) is -0.363. The SMILES string of the molecule is C[C@@]1(c2ccccc2Cl)OC[C@@H](CSC(=O)Nc2ccccc2)O1. The summed E-state index contributed by atoms with van der Waals surface area (Å²) in [4.78, 5) is 12.0. The minimum Gasteiger partial charge on any atom is -0.343 e. The highest BCUT2D eigenvalue weighted by molar-refractivity contribution is 8.13. The van der Waals surface area contributed by atoms with Crippen LogP contribution in [0.15, 0.2) is 54.6 Å². The van der Waals surface area contributed by atoms with Gasteiger partial charge in [-0.15, -0.1) is 0 Å². The molecule has 4 nitrogen and oxygen atoms in total. The van der Waals surface area contributed by atoms with Crippen molar-refractivity contribution in [3.8, 4) is 0 Å². The fourth-order valence-corrected chi connectivity index (χ4v) is 3.53.